The molecule has 0 bridgehead atoms. The molecule has 0 aliphatic rings. The highest BCUT2D eigenvalue weighted by Crippen LogP contribution is 2.22. The highest BCUT2D eigenvalue weighted by Gasteiger charge is 2.11. The van der Waals surface area contributed by atoms with Crippen molar-refractivity contribution < 1.29 is 19.1 Å². The number of nitrogens with one attached hydrogen (secondary N) is 1. The topological polar surface area (TPSA) is 79.5 Å². The van der Waals surface area contributed by atoms with Gasteiger partial charge in [-0.2, -0.15) is 0 Å². The lowest BCUT2D eigenvalue weighted by molar-refractivity contribution is -0.134. The van der Waals surface area contributed by atoms with E-state index in [-0.39, 0.29) is 5.70 Å². The molecule has 2 aromatic rings. The number of benzene rings is 1. The Kier molecular flexibility index (Phi) is 3.37. The van der Waals surface area contributed by atoms with E-state index in [0.29, 0.717) is 11.3 Å². The molecular formula is C14H13NO4. The zero-order valence-corrected chi connectivity index (χ0v) is 10.6. The van der Waals surface area contributed by atoms with Gasteiger partial charge in [0.25, 0.3) is 0 Å². The summed E-state index contributed by atoms with van der Waals surface area (Å²) in [5.41, 5.74) is 1.54. The van der Waals surface area contributed by atoms with Gasteiger partial charge in [-0.1, -0.05) is 11.6 Å². The van der Waals surface area contributed by atoms with Crippen molar-refractivity contribution in [3.63, 3.8) is 0 Å². The summed E-state index contributed by atoms with van der Waals surface area (Å²) in [6.45, 7) is 3.21. The van der Waals surface area contributed by atoms with Crippen LogP contribution in [0, 0.1) is 6.92 Å². The largest absolute Gasteiger partial charge is 0.477 e. The van der Waals surface area contributed by atoms with Crippen LogP contribution in [0.5, 0.6) is 0 Å². The van der Waals surface area contributed by atoms with E-state index >= 15 is 0 Å². The van der Waals surface area contributed by atoms with Gasteiger partial charge in [0.15, 0.2) is 0 Å². The Morgan fingerprint density at radius 2 is 2.05 bits per heavy atom. The first-order chi connectivity index (χ1) is 8.95. The van der Waals surface area contributed by atoms with Crippen LogP contribution in [0.3, 0.4) is 0 Å². The fourth-order valence-electron chi connectivity index (χ4n) is 1.74. The predicted molar refractivity (Wildman–Crippen MR) is 70.4 cm³/mol. The smallest absolute Gasteiger partial charge is 0.352 e. The van der Waals surface area contributed by atoms with Gasteiger partial charge >= 0.3 is 5.97 Å². The molecule has 0 fully saturated rings. The predicted octanol–water partition coefficient (Wildman–Crippen LogP) is 2.30. The summed E-state index contributed by atoms with van der Waals surface area (Å²) in [5, 5.41) is 12.1. The number of furan rings is 1. The Morgan fingerprint density at radius 1 is 1.32 bits per heavy atom. The number of aliphatic carboxylic acids is 1. The van der Waals surface area contributed by atoms with Gasteiger partial charge in [-0.05, 0) is 25.1 Å². The average molecular weight is 259 g/mol. The maximum Gasteiger partial charge on any atom is 0.352 e. The number of carbonyl (C=O) groups is 2. The van der Waals surface area contributed by atoms with Gasteiger partial charge in [0.05, 0.1) is 0 Å². The van der Waals surface area contributed by atoms with E-state index in [1.165, 1.54) is 13.0 Å². The average Bonchev–Trinajstić information content (AvgIpc) is 2.68. The highest BCUT2D eigenvalue weighted by atomic mass is 16.4. The van der Waals surface area contributed by atoms with Crippen molar-refractivity contribution in [2.24, 2.45) is 0 Å². The third-order valence-electron chi connectivity index (χ3n) is 2.52. The SMILES string of the molecule is CC(=O)N/C(=C/c1cc2cc(C)ccc2o1)C(=O)O. The number of rotatable bonds is 3. The molecule has 1 heterocycles. The number of fused-ring (bicyclic) bond motifs is 1. The van der Waals surface area contributed by atoms with E-state index in [0.717, 1.165) is 10.9 Å². The number of carboxylic acid groups (broad SMARTS) is 1. The molecule has 1 aromatic heterocycles. The van der Waals surface area contributed by atoms with E-state index in [4.69, 9.17) is 9.52 Å². The van der Waals surface area contributed by atoms with Gasteiger partial charge < -0.3 is 14.8 Å². The second kappa shape index (κ2) is 4.97. The molecule has 0 saturated heterocycles. The summed E-state index contributed by atoms with van der Waals surface area (Å²) in [7, 11) is 0. The van der Waals surface area contributed by atoms with E-state index in [9.17, 15) is 9.59 Å². The van der Waals surface area contributed by atoms with E-state index in [2.05, 4.69) is 5.32 Å². The third kappa shape index (κ3) is 3.01. The molecule has 0 aliphatic carbocycles. The minimum absolute atomic E-state index is 0.219. The minimum Gasteiger partial charge on any atom is -0.477 e. The lowest BCUT2D eigenvalue weighted by Crippen LogP contribution is -2.24. The lowest BCUT2D eigenvalue weighted by atomic mass is 10.2. The zero-order chi connectivity index (χ0) is 14.0. The molecule has 19 heavy (non-hydrogen) atoms. The van der Waals surface area contributed by atoms with Gasteiger partial charge in [-0.25, -0.2) is 4.79 Å². The number of amides is 1. The summed E-state index contributed by atoms with van der Waals surface area (Å²) in [4.78, 5) is 21.9. The number of carbonyl (C=O) groups excluding carboxylic acids is 1. The van der Waals surface area contributed by atoms with Gasteiger partial charge in [0, 0.05) is 18.4 Å². The lowest BCUT2D eigenvalue weighted by Gasteiger charge is -2.00. The Hall–Kier alpha value is -2.56. The Labute approximate surface area is 109 Å². The van der Waals surface area contributed by atoms with Crippen LogP contribution < -0.4 is 5.32 Å². The molecule has 5 heteroatoms. The second-order valence-electron chi connectivity index (χ2n) is 4.23. The minimum atomic E-state index is -1.22. The standard InChI is InChI=1S/C14H13NO4/c1-8-3-4-13-10(5-8)6-11(19-13)7-12(14(17)18)15-9(2)16/h3-7H,1-2H3,(H,15,16)(H,17,18)/b12-7+. The number of hydrogen-bond acceptors (Lipinski definition) is 3. The van der Waals surface area contributed by atoms with Crippen LogP contribution in [-0.2, 0) is 9.59 Å². The summed E-state index contributed by atoms with van der Waals surface area (Å²) in [6, 6.07) is 7.40. The van der Waals surface area contributed by atoms with Crippen LogP contribution in [0.1, 0.15) is 18.2 Å². The fourth-order valence-corrected chi connectivity index (χ4v) is 1.74. The highest BCUT2D eigenvalue weighted by molar-refractivity contribution is 5.96. The quantitative estimate of drug-likeness (QED) is 0.829. The Bertz CT molecular complexity index is 682. The van der Waals surface area contributed by atoms with Crippen molar-refractivity contribution in [1.82, 2.24) is 5.32 Å². The Morgan fingerprint density at radius 3 is 2.68 bits per heavy atom. The van der Waals surface area contributed by atoms with Gasteiger partial charge in [0.2, 0.25) is 5.91 Å². The summed E-state index contributed by atoms with van der Waals surface area (Å²) in [6.07, 6.45) is 1.29. The molecule has 0 saturated carbocycles. The third-order valence-corrected chi connectivity index (χ3v) is 2.52. The number of hydrogen-bond donors (Lipinski definition) is 2. The number of carboxylic acids is 1. The van der Waals surface area contributed by atoms with Gasteiger partial charge in [0.1, 0.15) is 17.0 Å². The maximum absolute atomic E-state index is 11.0. The maximum atomic E-state index is 11.0. The van der Waals surface area contributed by atoms with Crippen molar-refractivity contribution in [2.75, 3.05) is 0 Å². The molecule has 1 amide bonds. The molecule has 5 nitrogen and oxygen atoms in total. The molecule has 2 N–H and O–H groups in total. The van der Waals surface area contributed by atoms with E-state index in [1.54, 1.807) is 6.07 Å². The van der Waals surface area contributed by atoms with Gasteiger partial charge in [-0.15, -0.1) is 0 Å². The van der Waals surface area contributed by atoms with Crippen molar-refractivity contribution in [1.29, 1.82) is 0 Å². The Balaban J connectivity index is 2.42. The molecule has 0 radical (unpaired) electrons. The summed E-state index contributed by atoms with van der Waals surface area (Å²) < 4.78 is 5.49. The van der Waals surface area contributed by atoms with Crippen LogP contribution >= 0.6 is 0 Å². The summed E-state index contributed by atoms with van der Waals surface area (Å²) in [5.74, 6) is -1.28. The van der Waals surface area contributed by atoms with E-state index in [1.807, 2.05) is 25.1 Å². The van der Waals surface area contributed by atoms with Crippen LogP contribution in [0.4, 0.5) is 0 Å². The van der Waals surface area contributed by atoms with Crippen molar-refractivity contribution in [2.45, 2.75) is 13.8 Å². The van der Waals surface area contributed by atoms with Crippen LogP contribution in [0.25, 0.3) is 17.0 Å². The molecule has 98 valence electrons. The summed E-state index contributed by atoms with van der Waals surface area (Å²) >= 11 is 0. The monoisotopic (exact) mass is 259 g/mol. The zero-order valence-electron chi connectivity index (χ0n) is 10.6. The van der Waals surface area contributed by atoms with Crippen molar-refractivity contribution in [3.05, 3.63) is 41.3 Å². The first-order valence-corrected chi connectivity index (χ1v) is 5.68. The van der Waals surface area contributed by atoms with Crippen LogP contribution in [0.15, 0.2) is 34.4 Å². The van der Waals surface area contributed by atoms with Crippen LogP contribution in [-0.4, -0.2) is 17.0 Å². The normalized spacial score (nSPS) is 11.6. The molecule has 0 spiro atoms. The van der Waals surface area contributed by atoms with Crippen molar-refractivity contribution >= 4 is 28.9 Å². The molecule has 1 aromatic carbocycles. The fraction of sp³-hybridized carbons (Fsp3) is 0.143. The molecule has 2 rings (SSSR count). The van der Waals surface area contributed by atoms with Crippen molar-refractivity contribution in [3.8, 4) is 0 Å². The first kappa shape index (κ1) is 12.9. The van der Waals surface area contributed by atoms with Crippen LogP contribution in [0.2, 0.25) is 0 Å². The molecule has 0 atom stereocenters. The van der Waals surface area contributed by atoms with Gasteiger partial charge in [-0.3, -0.25) is 4.79 Å². The second-order valence-corrected chi connectivity index (χ2v) is 4.23. The number of aryl methyl sites for hydroxylation is 1. The first-order valence-electron chi connectivity index (χ1n) is 5.68. The molecule has 0 unspecified atom stereocenters. The molecule has 0 aliphatic heterocycles. The molecular weight excluding hydrogens is 246 g/mol. The van der Waals surface area contributed by atoms with E-state index < -0.39 is 11.9 Å².